The highest BCUT2D eigenvalue weighted by Crippen LogP contribution is 2.66. The summed E-state index contributed by atoms with van der Waals surface area (Å²) in [5, 5.41) is 0. The van der Waals surface area contributed by atoms with Crippen molar-refractivity contribution in [3.05, 3.63) is 35.5 Å². The average Bonchev–Trinajstić information content (AvgIpc) is 3.62. The lowest BCUT2D eigenvalue weighted by Crippen LogP contribution is -2.54. The first-order valence-corrected chi connectivity index (χ1v) is 15.1. The van der Waals surface area contributed by atoms with Gasteiger partial charge in [0.05, 0.1) is 14.2 Å². The summed E-state index contributed by atoms with van der Waals surface area (Å²) < 4.78 is 21.1. The lowest BCUT2D eigenvalue weighted by Gasteiger charge is -2.57. The van der Waals surface area contributed by atoms with Crippen LogP contribution in [0.1, 0.15) is 86.0 Å². The van der Waals surface area contributed by atoms with Crippen LogP contribution in [-0.2, 0) is 18.9 Å². The normalized spacial score (nSPS) is 39.0. The van der Waals surface area contributed by atoms with E-state index in [0.717, 1.165) is 6.42 Å². The molecule has 0 unspecified atom stereocenters. The van der Waals surface area contributed by atoms with Crippen molar-refractivity contribution in [2.75, 3.05) is 14.2 Å². The Morgan fingerprint density at radius 1 is 0.923 bits per heavy atom. The molecular weight excluding hydrogens is 492 g/mol. The van der Waals surface area contributed by atoms with Gasteiger partial charge in [0.2, 0.25) is 0 Å². The molecule has 0 aromatic rings. The Labute approximate surface area is 234 Å². The van der Waals surface area contributed by atoms with E-state index in [1.54, 1.807) is 0 Å². The summed E-state index contributed by atoms with van der Waals surface area (Å²) >= 11 is 0. The number of ether oxygens (including phenoxy) is 4. The van der Waals surface area contributed by atoms with Gasteiger partial charge in [-0.1, -0.05) is 70.1 Å². The molecule has 4 saturated carbocycles. The molecule has 0 saturated heterocycles. The highest BCUT2D eigenvalue weighted by atomic mass is 16.7. The van der Waals surface area contributed by atoms with Gasteiger partial charge in [-0.25, -0.2) is 9.59 Å². The summed E-state index contributed by atoms with van der Waals surface area (Å²) in [6.45, 7) is 12.0. The Bertz CT molecular complexity index is 1070. The van der Waals surface area contributed by atoms with Gasteiger partial charge in [-0.3, -0.25) is 0 Å². The van der Waals surface area contributed by atoms with Crippen LogP contribution in [0.2, 0.25) is 0 Å². The molecule has 4 fully saturated rings. The fourth-order valence-electron chi connectivity index (χ4n) is 9.08. The largest absolute Gasteiger partial charge is 0.508 e. The molecular formula is C33H48O6. The van der Waals surface area contributed by atoms with E-state index in [1.165, 1.54) is 57.5 Å². The van der Waals surface area contributed by atoms with Gasteiger partial charge in [0.15, 0.2) is 0 Å². The minimum absolute atomic E-state index is 0.270. The molecule has 0 aromatic carbocycles. The molecule has 5 aliphatic rings. The Balaban J connectivity index is 1.41. The smallest absolute Gasteiger partial charge is 0.438 e. The molecule has 216 valence electrons. The van der Waals surface area contributed by atoms with E-state index in [0.29, 0.717) is 47.8 Å². The second-order valence-electron chi connectivity index (χ2n) is 13.8. The van der Waals surface area contributed by atoms with E-state index in [2.05, 4.69) is 58.9 Å². The molecule has 8 atom stereocenters. The van der Waals surface area contributed by atoms with Gasteiger partial charge in [-0.15, -0.1) is 0 Å². The molecule has 0 aromatic heterocycles. The fraction of sp³-hybridized carbons (Fsp3) is 0.758. The summed E-state index contributed by atoms with van der Waals surface area (Å²) in [4.78, 5) is 24.3. The summed E-state index contributed by atoms with van der Waals surface area (Å²) in [5.74, 6) is 2.79. The lowest BCUT2D eigenvalue weighted by molar-refractivity contribution is -0.0827. The molecule has 0 radical (unpaired) electrons. The SMILES string of the molecule is COC(=O)O[C@@H]1CC2=CC=C3[C@@H]4CC[C@H]([C@H](C)/C=C/C5(C(C)C)CC5)[C@@]4(C)CC[C@@H]3[C@@]2(C)[C@@H](OC(=O)OC)C1. The molecule has 5 rings (SSSR count). The van der Waals surface area contributed by atoms with Crippen LogP contribution in [0.5, 0.6) is 0 Å². The van der Waals surface area contributed by atoms with Gasteiger partial charge < -0.3 is 18.9 Å². The van der Waals surface area contributed by atoms with Crippen molar-refractivity contribution in [3.63, 3.8) is 0 Å². The molecule has 39 heavy (non-hydrogen) atoms. The standard InChI is InChI=1S/C33H48O6/c1-20(2)33(16-17-33)15-12-21(3)25-10-11-26-24-9-8-22-18-23(38-29(34)36-6)19-28(39-30(35)37-7)32(22,5)27(24)13-14-31(25,26)4/h8-9,12,15,20-21,23,25-28H,10-11,13-14,16-19H2,1-7H3/b15-12+/t21-,23-,25-,26+,27+,28+,31-,32+/m1/s1. The molecule has 6 heteroatoms. The average molecular weight is 541 g/mol. The highest BCUT2D eigenvalue weighted by Gasteiger charge is 2.60. The minimum Gasteiger partial charge on any atom is -0.438 e. The van der Waals surface area contributed by atoms with Crippen LogP contribution in [0.3, 0.4) is 0 Å². The van der Waals surface area contributed by atoms with Crippen molar-refractivity contribution < 1.29 is 28.5 Å². The number of allylic oxidation sites excluding steroid dienone is 5. The summed E-state index contributed by atoms with van der Waals surface area (Å²) in [5.41, 5.74) is 3.07. The van der Waals surface area contributed by atoms with Crippen molar-refractivity contribution in [3.8, 4) is 0 Å². The first-order valence-electron chi connectivity index (χ1n) is 15.1. The van der Waals surface area contributed by atoms with Crippen molar-refractivity contribution in [1.82, 2.24) is 0 Å². The third kappa shape index (κ3) is 4.74. The minimum atomic E-state index is -0.706. The summed E-state index contributed by atoms with van der Waals surface area (Å²) in [7, 11) is 2.65. The Hall–Kier alpha value is -2.24. The van der Waals surface area contributed by atoms with E-state index >= 15 is 0 Å². The zero-order valence-corrected chi connectivity index (χ0v) is 25.0. The van der Waals surface area contributed by atoms with Crippen molar-refractivity contribution in [1.29, 1.82) is 0 Å². The number of hydrogen-bond acceptors (Lipinski definition) is 6. The van der Waals surface area contributed by atoms with E-state index in [4.69, 9.17) is 18.9 Å². The zero-order chi connectivity index (χ0) is 28.2. The molecule has 0 aliphatic heterocycles. The lowest BCUT2D eigenvalue weighted by atomic mass is 9.49. The Kier molecular flexibility index (Phi) is 7.47. The van der Waals surface area contributed by atoms with Gasteiger partial charge in [0.25, 0.3) is 0 Å². The maximum Gasteiger partial charge on any atom is 0.508 e. The Morgan fingerprint density at radius 3 is 2.26 bits per heavy atom. The summed E-state index contributed by atoms with van der Waals surface area (Å²) in [6, 6.07) is 0. The monoisotopic (exact) mass is 540 g/mol. The number of methoxy groups -OCH3 is 2. The third-order valence-corrected chi connectivity index (χ3v) is 11.9. The van der Waals surface area contributed by atoms with Crippen LogP contribution in [-0.4, -0.2) is 38.7 Å². The van der Waals surface area contributed by atoms with Crippen LogP contribution >= 0.6 is 0 Å². The van der Waals surface area contributed by atoms with E-state index < -0.39 is 24.5 Å². The number of hydrogen-bond donors (Lipinski definition) is 0. The van der Waals surface area contributed by atoms with Crippen LogP contribution in [0, 0.1) is 45.8 Å². The molecule has 0 N–H and O–H groups in total. The van der Waals surface area contributed by atoms with Crippen LogP contribution in [0.4, 0.5) is 9.59 Å². The molecule has 0 spiro atoms. The van der Waals surface area contributed by atoms with Gasteiger partial charge in [0, 0.05) is 18.3 Å². The topological polar surface area (TPSA) is 71.1 Å². The number of carbonyl (C=O) groups excluding carboxylic acids is 2. The van der Waals surface area contributed by atoms with Crippen molar-refractivity contribution in [2.24, 2.45) is 45.8 Å². The van der Waals surface area contributed by atoms with Gasteiger partial charge in [-0.2, -0.15) is 0 Å². The van der Waals surface area contributed by atoms with Gasteiger partial charge in [0.1, 0.15) is 12.2 Å². The van der Waals surface area contributed by atoms with Crippen molar-refractivity contribution >= 4 is 12.3 Å². The predicted molar refractivity (Wildman–Crippen MR) is 150 cm³/mol. The molecule has 6 nitrogen and oxygen atoms in total. The Morgan fingerprint density at radius 2 is 1.62 bits per heavy atom. The second kappa shape index (κ2) is 10.3. The number of fused-ring (bicyclic) bond motifs is 5. The molecule has 0 bridgehead atoms. The maximum atomic E-state index is 12.4. The fourth-order valence-corrected chi connectivity index (χ4v) is 9.08. The quantitative estimate of drug-likeness (QED) is 0.251. The number of carbonyl (C=O) groups is 2. The molecule has 0 heterocycles. The summed E-state index contributed by atoms with van der Waals surface area (Å²) in [6.07, 6.45) is 15.9. The van der Waals surface area contributed by atoms with E-state index in [9.17, 15) is 9.59 Å². The first kappa shape index (κ1) is 28.3. The number of rotatable bonds is 6. The van der Waals surface area contributed by atoms with E-state index in [1.807, 2.05) is 0 Å². The molecule has 0 amide bonds. The first-order chi connectivity index (χ1) is 18.5. The van der Waals surface area contributed by atoms with Crippen molar-refractivity contribution in [2.45, 2.75) is 98.2 Å². The van der Waals surface area contributed by atoms with Crippen LogP contribution < -0.4 is 0 Å². The molecule has 5 aliphatic carbocycles. The highest BCUT2D eigenvalue weighted by molar-refractivity contribution is 5.61. The van der Waals surface area contributed by atoms with Gasteiger partial charge in [-0.05, 0) is 78.9 Å². The second-order valence-corrected chi connectivity index (χ2v) is 13.8. The predicted octanol–water partition coefficient (Wildman–Crippen LogP) is 8.03. The van der Waals surface area contributed by atoms with Crippen LogP contribution in [0.15, 0.2) is 35.5 Å². The van der Waals surface area contributed by atoms with E-state index in [-0.39, 0.29) is 10.8 Å². The third-order valence-electron chi connectivity index (χ3n) is 11.9. The zero-order valence-electron chi connectivity index (χ0n) is 25.0. The van der Waals surface area contributed by atoms with Gasteiger partial charge >= 0.3 is 12.3 Å². The maximum absolute atomic E-state index is 12.4. The van der Waals surface area contributed by atoms with Crippen LogP contribution in [0.25, 0.3) is 0 Å².